The number of halogens is 1. The molecule has 0 aliphatic carbocycles. The Morgan fingerprint density at radius 3 is 2.83 bits per heavy atom. The zero-order valence-corrected chi connectivity index (χ0v) is 8.93. The molecule has 1 aromatic rings. The molecule has 0 aromatic carbocycles. The van der Waals surface area contributed by atoms with E-state index >= 15 is 0 Å². The summed E-state index contributed by atoms with van der Waals surface area (Å²) in [4.78, 5) is 4.42. The highest BCUT2D eigenvalue weighted by Gasteiger charge is 2.08. The van der Waals surface area contributed by atoms with Gasteiger partial charge in [0, 0.05) is 22.6 Å². The summed E-state index contributed by atoms with van der Waals surface area (Å²) in [6.45, 7) is 4.70. The molecule has 2 N–H and O–H groups in total. The Morgan fingerprint density at radius 2 is 2.25 bits per heavy atom. The minimum atomic E-state index is 0.319. The van der Waals surface area contributed by atoms with Crippen molar-refractivity contribution in [2.75, 3.05) is 6.54 Å². The first-order valence-corrected chi connectivity index (χ1v) is 4.77. The van der Waals surface area contributed by atoms with Crippen LogP contribution in [0.2, 0.25) is 0 Å². The lowest BCUT2D eigenvalue weighted by atomic mass is 10.1. The molecule has 0 saturated heterocycles. The van der Waals surface area contributed by atoms with Crippen molar-refractivity contribution in [3.63, 3.8) is 0 Å². The molecule has 1 heterocycles. The maximum atomic E-state index is 5.56. The zero-order chi connectivity index (χ0) is 9.14. The average molecular weight is 229 g/mol. The highest BCUT2D eigenvalue weighted by atomic mass is 79.9. The van der Waals surface area contributed by atoms with E-state index in [2.05, 4.69) is 27.8 Å². The minimum absolute atomic E-state index is 0.319. The average Bonchev–Trinajstić information content (AvgIpc) is 2.08. The molecule has 0 bridgehead atoms. The molecule has 3 heteroatoms. The Balaban J connectivity index is 3.04. The van der Waals surface area contributed by atoms with Crippen LogP contribution in [0.1, 0.15) is 24.2 Å². The number of nitrogens with two attached hydrogens (primary N) is 1. The van der Waals surface area contributed by atoms with Gasteiger partial charge in [0.25, 0.3) is 0 Å². The van der Waals surface area contributed by atoms with Crippen molar-refractivity contribution in [1.29, 1.82) is 0 Å². The van der Waals surface area contributed by atoms with Crippen molar-refractivity contribution in [2.45, 2.75) is 19.8 Å². The summed E-state index contributed by atoms with van der Waals surface area (Å²) in [6.07, 6.45) is 0. The second-order valence-corrected chi connectivity index (χ2v) is 3.81. The van der Waals surface area contributed by atoms with Gasteiger partial charge in [-0.2, -0.15) is 0 Å². The van der Waals surface area contributed by atoms with Gasteiger partial charge in [-0.15, -0.1) is 0 Å². The number of hydrogen-bond acceptors (Lipinski definition) is 2. The fourth-order valence-corrected chi connectivity index (χ4v) is 1.63. The Kier molecular flexibility index (Phi) is 3.23. The molecule has 1 unspecified atom stereocenters. The van der Waals surface area contributed by atoms with Gasteiger partial charge in [-0.05, 0) is 35.0 Å². The summed E-state index contributed by atoms with van der Waals surface area (Å²) >= 11 is 3.45. The third-order valence-corrected chi connectivity index (χ3v) is 2.50. The van der Waals surface area contributed by atoms with Gasteiger partial charge in [0.2, 0.25) is 0 Å². The number of pyridine rings is 1. The minimum Gasteiger partial charge on any atom is -0.330 e. The number of hydrogen-bond donors (Lipinski definition) is 1. The molecule has 0 saturated carbocycles. The Hall–Kier alpha value is -0.410. The second kappa shape index (κ2) is 4.01. The van der Waals surface area contributed by atoms with Gasteiger partial charge in [-0.25, -0.2) is 0 Å². The van der Waals surface area contributed by atoms with Gasteiger partial charge in [0.1, 0.15) is 0 Å². The van der Waals surface area contributed by atoms with Gasteiger partial charge in [0.05, 0.1) is 5.69 Å². The number of rotatable bonds is 2. The first-order chi connectivity index (χ1) is 5.65. The van der Waals surface area contributed by atoms with E-state index in [1.165, 1.54) is 0 Å². The quantitative estimate of drug-likeness (QED) is 0.844. The molecule has 0 amide bonds. The van der Waals surface area contributed by atoms with E-state index in [0.717, 1.165) is 15.9 Å². The van der Waals surface area contributed by atoms with Crippen LogP contribution in [-0.2, 0) is 0 Å². The maximum absolute atomic E-state index is 5.56. The Bertz CT molecular complexity index is 273. The highest BCUT2D eigenvalue weighted by Crippen LogP contribution is 2.22. The molecule has 1 rings (SSSR count). The Morgan fingerprint density at radius 1 is 1.58 bits per heavy atom. The van der Waals surface area contributed by atoms with E-state index in [4.69, 9.17) is 5.73 Å². The summed E-state index contributed by atoms with van der Waals surface area (Å²) in [6, 6.07) is 4.00. The fourth-order valence-electron chi connectivity index (χ4n) is 1.02. The van der Waals surface area contributed by atoms with E-state index in [-0.39, 0.29) is 0 Å². The molecule has 12 heavy (non-hydrogen) atoms. The van der Waals surface area contributed by atoms with Crippen LogP contribution in [-0.4, -0.2) is 11.5 Å². The smallest absolute Gasteiger partial charge is 0.0589 e. The molecule has 1 aromatic heterocycles. The monoisotopic (exact) mass is 228 g/mol. The summed E-state index contributed by atoms with van der Waals surface area (Å²) in [5.74, 6) is 0.319. The van der Waals surface area contributed by atoms with Crippen LogP contribution in [0.5, 0.6) is 0 Å². The van der Waals surface area contributed by atoms with Crippen LogP contribution < -0.4 is 5.73 Å². The number of nitrogens with zero attached hydrogens (tertiary/aromatic N) is 1. The summed E-state index contributed by atoms with van der Waals surface area (Å²) < 4.78 is 1.05. The number of aryl methyl sites for hydroxylation is 1. The van der Waals surface area contributed by atoms with E-state index in [0.29, 0.717) is 12.5 Å². The largest absolute Gasteiger partial charge is 0.330 e. The molecule has 0 aliphatic rings. The molecule has 0 fully saturated rings. The van der Waals surface area contributed by atoms with Crippen molar-refractivity contribution >= 4 is 15.9 Å². The van der Waals surface area contributed by atoms with E-state index in [1.807, 2.05) is 19.1 Å². The van der Waals surface area contributed by atoms with Crippen molar-refractivity contribution in [3.05, 3.63) is 28.0 Å². The van der Waals surface area contributed by atoms with Crippen LogP contribution in [0, 0.1) is 6.92 Å². The van der Waals surface area contributed by atoms with Crippen molar-refractivity contribution in [2.24, 2.45) is 5.73 Å². The zero-order valence-electron chi connectivity index (χ0n) is 7.34. The first-order valence-electron chi connectivity index (χ1n) is 3.98. The molecule has 0 radical (unpaired) electrons. The van der Waals surface area contributed by atoms with Crippen LogP contribution in [0.4, 0.5) is 0 Å². The third kappa shape index (κ3) is 2.05. The lowest BCUT2D eigenvalue weighted by Crippen LogP contribution is -2.11. The molecule has 66 valence electrons. The van der Waals surface area contributed by atoms with Gasteiger partial charge < -0.3 is 5.73 Å². The normalized spacial score (nSPS) is 13.0. The van der Waals surface area contributed by atoms with Crippen molar-refractivity contribution in [3.8, 4) is 0 Å². The van der Waals surface area contributed by atoms with Crippen molar-refractivity contribution < 1.29 is 0 Å². The predicted molar refractivity (Wildman–Crippen MR) is 54.1 cm³/mol. The number of aromatic nitrogens is 1. The van der Waals surface area contributed by atoms with Crippen LogP contribution >= 0.6 is 15.9 Å². The molecule has 0 aliphatic heterocycles. The lowest BCUT2D eigenvalue weighted by Gasteiger charge is -2.10. The maximum Gasteiger partial charge on any atom is 0.0589 e. The summed E-state index contributed by atoms with van der Waals surface area (Å²) in [7, 11) is 0. The van der Waals surface area contributed by atoms with Gasteiger partial charge in [0.15, 0.2) is 0 Å². The first kappa shape index (κ1) is 9.68. The lowest BCUT2D eigenvalue weighted by molar-refractivity contribution is 0.736. The van der Waals surface area contributed by atoms with E-state index < -0.39 is 0 Å². The standard InChI is InChI=1S/C9H13BrN2/c1-6(5-11)9-8(10)4-3-7(2)12-9/h3-4,6H,5,11H2,1-2H3. The second-order valence-electron chi connectivity index (χ2n) is 2.96. The van der Waals surface area contributed by atoms with Crippen LogP contribution in [0.25, 0.3) is 0 Å². The van der Waals surface area contributed by atoms with Crippen LogP contribution in [0.3, 0.4) is 0 Å². The van der Waals surface area contributed by atoms with Gasteiger partial charge >= 0.3 is 0 Å². The predicted octanol–water partition coefficient (Wildman–Crippen LogP) is 2.21. The fraction of sp³-hybridized carbons (Fsp3) is 0.444. The summed E-state index contributed by atoms with van der Waals surface area (Å²) in [5.41, 5.74) is 7.65. The van der Waals surface area contributed by atoms with Crippen LogP contribution in [0.15, 0.2) is 16.6 Å². The third-order valence-electron chi connectivity index (χ3n) is 1.83. The molecule has 2 nitrogen and oxygen atoms in total. The highest BCUT2D eigenvalue weighted by molar-refractivity contribution is 9.10. The molecular formula is C9H13BrN2. The van der Waals surface area contributed by atoms with E-state index in [1.54, 1.807) is 0 Å². The molecule has 1 atom stereocenters. The Labute approximate surface area is 81.3 Å². The summed E-state index contributed by atoms with van der Waals surface area (Å²) in [5, 5.41) is 0. The molecule has 0 spiro atoms. The van der Waals surface area contributed by atoms with Crippen molar-refractivity contribution in [1.82, 2.24) is 4.98 Å². The topological polar surface area (TPSA) is 38.9 Å². The van der Waals surface area contributed by atoms with Gasteiger partial charge in [-0.1, -0.05) is 6.92 Å². The SMILES string of the molecule is Cc1ccc(Br)c(C(C)CN)n1. The van der Waals surface area contributed by atoms with E-state index in [9.17, 15) is 0 Å². The van der Waals surface area contributed by atoms with Gasteiger partial charge in [-0.3, -0.25) is 4.98 Å². The molecular weight excluding hydrogens is 216 g/mol.